The van der Waals surface area contributed by atoms with E-state index in [1.165, 1.54) is 12.8 Å². The van der Waals surface area contributed by atoms with Crippen molar-refractivity contribution in [1.29, 1.82) is 0 Å². The summed E-state index contributed by atoms with van der Waals surface area (Å²) < 4.78 is 0. The zero-order valence-electron chi connectivity index (χ0n) is 10.3. The first-order chi connectivity index (χ1) is 7.16. The fourth-order valence-corrected chi connectivity index (χ4v) is 1.80. The number of hydrogen-bond acceptors (Lipinski definition) is 2. The average Bonchev–Trinajstić information content (AvgIpc) is 2.28. The first kappa shape index (κ1) is 14.3. The van der Waals surface area contributed by atoms with Gasteiger partial charge >= 0.3 is 0 Å². The van der Waals surface area contributed by atoms with Crippen LogP contribution in [0.25, 0.3) is 0 Å². The molecule has 1 radical (unpaired) electrons. The van der Waals surface area contributed by atoms with E-state index in [0.29, 0.717) is 19.3 Å². The second-order valence-electron chi connectivity index (χ2n) is 4.13. The van der Waals surface area contributed by atoms with E-state index in [2.05, 4.69) is 6.92 Å². The van der Waals surface area contributed by atoms with Crippen molar-refractivity contribution in [3.05, 3.63) is 0 Å². The average molecular weight is 211 g/mol. The van der Waals surface area contributed by atoms with Gasteiger partial charge in [-0.3, -0.25) is 9.59 Å². The summed E-state index contributed by atoms with van der Waals surface area (Å²) in [6.45, 7) is 5.92. The smallest absolute Gasteiger partial charge is 0.212 e. The molecule has 0 aliphatic heterocycles. The Morgan fingerprint density at radius 1 is 1.07 bits per heavy atom. The van der Waals surface area contributed by atoms with Crippen LogP contribution in [0.4, 0.5) is 0 Å². The van der Waals surface area contributed by atoms with Crippen LogP contribution in [0.3, 0.4) is 0 Å². The lowest BCUT2D eigenvalue weighted by molar-refractivity contribution is -0.125. The maximum atomic E-state index is 11.9. The zero-order chi connectivity index (χ0) is 11.7. The Kier molecular flexibility index (Phi) is 7.27. The van der Waals surface area contributed by atoms with E-state index >= 15 is 0 Å². The molecule has 0 heterocycles. The summed E-state index contributed by atoms with van der Waals surface area (Å²) in [5.41, 5.74) is -0.813. The van der Waals surface area contributed by atoms with Crippen LogP contribution in [-0.2, 0) is 9.59 Å². The summed E-state index contributed by atoms with van der Waals surface area (Å²) in [7, 11) is 0. The van der Waals surface area contributed by atoms with Crippen LogP contribution >= 0.6 is 0 Å². The second kappa shape index (κ2) is 7.61. The number of unbranched alkanes of at least 4 members (excludes halogenated alkanes) is 3. The highest BCUT2D eigenvalue weighted by Gasteiger charge is 2.34. The summed E-state index contributed by atoms with van der Waals surface area (Å²) in [4.78, 5) is 22.7. The van der Waals surface area contributed by atoms with Gasteiger partial charge in [0.05, 0.1) is 5.41 Å². The molecule has 0 aromatic carbocycles. The zero-order valence-corrected chi connectivity index (χ0v) is 10.3. The predicted octanol–water partition coefficient (Wildman–Crippen LogP) is 3.44. The molecule has 0 fully saturated rings. The molecule has 0 aromatic heterocycles. The van der Waals surface area contributed by atoms with Crippen molar-refractivity contribution in [2.45, 2.75) is 65.7 Å². The van der Waals surface area contributed by atoms with Gasteiger partial charge in [0.2, 0.25) is 6.29 Å². The Bertz CT molecular complexity index is 193. The van der Waals surface area contributed by atoms with Gasteiger partial charge in [-0.05, 0) is 19.3 Å². The highest BCUT2D eigenvalue weighted by Crippen LogP contribution is 2.27. The van der Waals surface area contributed by atoms with E-state index in [1.54, 1.807) is 0 Å². The lowest BCUT2D eigenvalue weighted by atomic mass is 9.78. The van der Waals surface area contributed by atoms with Crippen LogP contribution in [0.15, 0.2) is 0 Å². The van der Waals surface area contributed by atoms with E-state index in [9.17, 15) is 9.59 Å². The molecule has 87 valence electrons. The van der Waals surface area contributed by atoms with E-state index in [0.717, 1.165) is 12.8 Å². The molecule has 0 unspecified atom stereocenters. The van der Waals surface area contributed by atoms with Gasteiger partial charge in [0.15, 0.2) is 0 Å². The van der Waals surface area contributed by atoms with Gasteiger partial charge in [-0.15, -0.1) is 0 Å². The molecule has 0 rings (SSSR count). The molecule has 0 aliphatic rings. The van der Waals surface area contributed by atoms with Gasteiger partial charge in [-0.1, -0.05) is 40.0 Å². The van der Waals surface area contributed by atoms with Gasteiger partial charge in [-0.25, -0.2) is 0 Å². The minimum atomic E-state index is -0.813. The van der Waals surface area contributed by atoms with Crippen LogP contribution in [0.1, 0.15) is 65.7 Å². The Morgan fingerprint density at radius 3 is 2.07 bits per heavy atom. The first-order valence-electron chi connectivity index (χ1n) is 6.09. The van der Waals surface area contributed by atoms with E-state index in [1.807, 2.05) is 20.1 Å². The molecule has 0 saturated heterocycles. The number of ketones is 1. The van der Waals surface area contributed by atoms with Crippen LogP contribution in [0.5, 0.6) is 0 Å². The fourth-order valence-electron chi connectivity index (χ4n) is 1.80. The summed E-state index contributed by atoms with van der Waals surface area (Å²) in [6, 6.07) is 0. The monoisotopic (exact) mass is 211 g/mol. The van der Waals surface area contributed by atoms with Gasteiger partial charge in [0, 0.05) is 6.42 Å². The molecule has 15 heavy (non-hydrogen) atoms. The van der Waals surface area contributed by atoms with Crippen molar-refractivity contribution in [2.75, 3.05) is 0 Å². The molecule has 0 N–H and O–H groups in total. The molecule has 0 amide bonds. The van der Waals surface area contributed by atoms with Gasteiger partial charge < -0.3 is 0 Å². The minimum Gasteiger partial charge on any atom is -0.299 e. The first-order valence-corrected chi connectivity index (χ1v) is 6.09. The third-order valence-electron chi connectivity index (χ3n) is 3.19. The van der Waals surface area contributed by atoms with Crippen molar-refractivity contribution in [3.8, 4) is 0 Å². The highest BCUT2D eigenvalue weighted by atomic mass is 16.1. The molecular weight excluding hydrogens is 188 g/mol. The van der Waals surface area contributed by atoms with E-state index < -0.39 is 5.41 Å². The molecule has 0 spiro atoms. The van der Waals surface area contributed by atoms with Gasteiger partial charge in [0.1, 0.15) is 5.78 Å². The second-order valence-corrected chi connectivity index (χ2v) is 4.13. The van der Waals surface area contributed by atoms with Crippen molar-refractivity contribution < 1.29 is 9.59 Å². The van der Waals surface area contributed by atoms with E-state index in [4.69, 9.17) is 0 Å². The molecule has 0 saturated carbocycles. The number of carbonyl (C=O) groups is 1. The molecule has 2 nitrogen and oxygen atoms in total. The minimum absolute atomic E-state index is 0.0820. The third-order valence-corrected chi connectivity index (χ3v) is 3.19. The number of carbonyl (C=O) groups excluding carboxylic acids is 2. The molecule has 0 aliphatic carbocycles. The largest absolute Gasteiger partial charge is 0.299 e. The van der Waals surface area contributed by atoms with Gasteiger partial charge in [0.25, 0.3) is 0 Å². The Hall–Kier alpha value is -0.660. The SMILES string of the molecule is CCCCCCC(=O)C([C]=O)(CC)CC. The van der Waals surface area contributed by atoms with Crippen LogP contribution in [0.2, 0.25) is 0 Å². The maximum absolute atomic E-state index is 11.9. The van der Waals surface area contributed by atoms with Crippen molar-refractivity contribution in [3.63, 3.8) is 0 Å². The lowest BCUT2D eigenvalue weighted by Crippen LogP contribution is -2.31. The Balaban J connectivity index is 4.09. The third kappa shape index (κ3) is 4.15. The number of hydrogen-bond donors (Lipinski definition) is 0. The van der Waals surface area contributed by atoms with Crippen LogP contribution in [0, 0.1) is 5.41 Å². The normalized spacial score (nSPS) is 11.4. The summed E-state index contributed by atoms with van der Waals surface area (Å²) in [5, 5.41) is 0. The maximum Gasteiger partial charge on any atom is 0.212 e. The lowest BCUT2D eigenvalue weighted by Gasteiger charge is -2.21. The Morgan fingerprint density at radius 2 is 1.67 bits per heavy atom. The molecule has 0 bridgehead atoms. The van der Waals surface area contributed by atoms with E-state index in [-0.39, 0.29) is 5.78 Å². The predicted molar refractivity (Wildman–Crippen MR) is 62.5 cm³/mol. The molecule has 0 atom stereocenters. The van der Waals surface area contributed by atoms with Crippen molar-refractivity contribution in [2.24, 2.45) is 5.41 Å². The molecule has 2 heteroatoms. The van der Waals surface area contributed by atoms with Gasteiger partial charge in [-0.2, -0.15) is 0 Å². The highest BCUT2D eigenvalue weighted by molar-refractivity contribution is 5.98. The van der Waals surface area contributed by atoms with Crippen molar-refractivity contribution >= 4 is 12.1 Å². The standard InChI is InChI=1S/C13H23O2/c1-4-7-8-9-10-12(15)13(5-2,6-3)11-14/h4-10H2,1-3H3. The summed E-state index contributed by atoms with van der Waals surface area (Å²) >= 11 is 0. The van der Waals surface area contributed by atoms with Crippen molar-refractivity contribution in [1.82, 2.24) is 0 Å². The Labute approximate surface area is 93.4 Å². The van der Waals surface area contributed by atoms with Crippen LogP contribution in [-0.4, -0.2) is 12.1 Å². The summed E-state index contributed by atoms with van der Waals surface area (Å²) in [6.07, 6.45) is 8.00. The van der Waals surface area contributed by atoms with Crippen LogP contribution < -0.4 is 0 Å². The molecule has 0 aromatic rings. The topological polar surface area (TPSA) is 34.1 Å². The molecular formula is C13H23O2. The quantitative estimate of drug-likeness (QED) is 0.432. The number of Topliss-reactive ketones (excluding diaryl/α,β-unsaturated/α-hetero) is 1. The summed E-state index contributed by atoms with van der Waals surface area (Å²) in [5.74, 6) is 0.0820. The fraction of sp³-hybridized carbons (Fsp3) is 0.846. The number of rotatable bonds is 9.